The van der Waals surface area contributed by atoms with Crippen LogP contribution in [0, 0.1) is 0 Å². The average Bonchev–Trinajstić information content (AvgIpc) is 2.78. The Balaban J connectivity index is 1.54. The van der Waals surface area contributed by atoms with Crippen LogP contribution >= 0.6 is 0 Å². The summed E-state index contributed by atoms with van der Waals surface area (Å²) in [5, 5.41) is 5.23. The Morgan fingerprint density at radius 2 is 1.70 bits per heavy atom. The van der Waals surface area contributed by atoms with E-state index in [-0.39, 0.29) is 6.03 Å². The van der Waals surface area contributed by atoms with E-state index in [4.69, 9.17) is 4.74 Å². The number of amides is 2. The number of rotatable bonds is 5. The number of anilines is 1. The third-order valence-electron chi connectivity index (χ3n) is 4.16. The zero-order chi connectivity index (χ0) is 20.8. The van der Waals surface area contributed by atoms with Crippen molar-refractivity contribution < 1.29 is 9.53 Å². The second-order valence-corrected chi connectivity index (χ2v) is 6.33. The first-order valence-electron chi connectivity index (χ1n) is 9.37. The number of nitrogens with zero attached hydrogens (tertiary/aromatic N) is 3. The van der Waals surface area contributed by atoms with E-state index < -0.39 is 0 Å². The highest BCUT2D eigenvalue weighted by molar-refractivity contribution is 5.90. The van der Waals surface area contributed by atoms with Crippen molar-refractivity contribution in [2.24, 2.45) is 0 Å². The van der Waals surface area contributed by atoms with E-state index in [0.29, 0.717) is 22.7 Å². The Morgan fingerprint density at radius 3 is 2.47 bits per heavy atom. The van der Waals surface area contributed by atoms with Gasteiger partial charge in [0.15, 0.2) is 5.65 Å². The van der Waals surface area contributed by atoms with Crippen LogP contribution in [0.25, 0.3) is 22.4 Å². The molecule has 0 saturated heterocycles. The van der Waals surface area contributed by atoms with Crippen molar-refractivity contribution in [3.8, 4) is 22.8 Å². The Kier molecular flexibility index (Phi) is 5.61. The van der Waals surface area contributed by atoms with E-state index in [0.717, 1.165) is 17.1 Å². The molecule has 2 aromatic heterocycles. The normalized spacial score (nSPS) is 10.8. The molecular formula is C23H19N5O2. The number of pyridine rings is 1. The minimum absolute atomic E-state index is 0.377. The number of hydrogen-bond donors (Lipinski definition) is 2. The standard InChI is InChI=1S/C23H19N5O2/c1-2-14-24-23(29)28-21-13-12-19-22(27-21)26-20(15-25-19)16-8-10-18(11-9-16)30-17-6-4-3-5-7-17/h2-15H,1H3,(H2,24,26,27,28,29). The van der Waals surface area contributed by atoms with E-state index in [1.807, 2.05) is 61.5 Å². The highest BCUT2D eigenvalue weighted by atomic mass is 16.5. The number of urea groups is 1. The predicted molar refractivity (Wildman–Crippen MR) is 116 cm³/mol. The van der Waals surface area contributed by atoms with Crippen molar-refractivity contribution in [1.82, 2.24) is 20.3 Å². The number of benzene rings is 2. The summed E-state index contributed by atoms with van der Waals surface area (Å²) >= 11 is 0. The van der Waals surface area contributed by atoms with Gasteiger partial charge in [-0.25, -0.2) is 14.8 Å². The number of allylic oxidation sites excluding steroid dienone is 1. The minimum atomic E-state index is -0.377. The fourth-order valence-electron chi connectivity index (χ4n) is 2.74. The molecule has 4 aromatic rings. The number of fused-ring (bicyclic) bond motifs is 1. The number of ether oxygens (including phenoxy) is 1. The van der Waals surface area contributed by atoms with Crippen molar-refractivity contribution in [2.45, 2.75) is 6.92 Å². The summed E-state index contributed by atoms with van der Waals surface area (Å²) in [6.45, 7) is 1.81. The molecule has 0 spiro atoms. The van der Waals surface area contributed by atoms with Crippen LogP contribution in [0.2, 0.25) is 0 Å². The maximum absolute atomic E-state index is 11.8. The van der Waals surface area contributed by atoms with E-state index >= 15 is 0 Å². The number of carbonyl (C=O) groups excluding carboxylic acids is 1. The van der Waals surface area contributed by atoms with Crippen molar-refractivity contribution in [1.29, 1.82) is 0 Å². The van der Waals surface area contributed by atoms with Gasteiger partial charge in [0, 0.05) is 11.8 Å². The molecule has 30 heavy (non-hydrogen) atoms. The average molecular weight is 397 g/mol. The van der Waals surface area contributed by atoms with E-state index in [2.05, 4.69) is 25.6 Å². The molecule has 0 bridgehead atoms. The summed E-state index contributed by atoms with van der Waals surface area (Å²) in [6.07, 6.45) is 4.96. The monoisotopic (exact) mass is 397 g/mol. The molecule has 0 saturated carbocycles. The molecule has 0 aliphatic heterocycles. The summed E-state index contributed by atoms with van der Waals surface area (Å²) in [7, 11) is 0. The number of aromatic nitrogens is 3. The molecule has 0 fully saturated rings. The molecule has 0 aliphatic rings. The number of carbonyl (C=O) groups is 1. The second kappa shape index (κ2) is 8.83. The third-order valence-corrected chi connectivity index (χ3v) is 4.16. The smallest absolute Gasteiger partial charge is 0.324 e. The molecule has 2 heterocycles. The first-order chi connectivity index (χ1) is 14.7. The summed E-state index contributed by atoms with van der Waals surface area (Å²) < 4.78 is 5.82. The van der Waals surface area contributed by atoms with E-state index in [9.17, 15) is 4.79 Å². The maximum Gasteiger partial charge on any atom is 0.324 e. The molecule has 4 rings (SSSR count). The van der Waals surface area contributed by atoms with Crippen LogP contribution in [0.1, 0.15) is 6.92 Å². The minimum Gasteiger partial charge on any atom is -0.457 e. The molecule has 7 nitrogen and oxygen atoms in total. The Hall–Kier alpha value is -4.26. The van der Waals surface area contributed by atoms with Crippen LogP contribution in [0.3, 0.4) is 0 Å². The van der Waals surface area contributed by atoms with E-state index in [1.54, 1.807) is 30.6 Å². The molecule has 148 valence electrons. The second-order valence-electron chi connectivity index (χ2n) is 6.33. The van der Waals surface area contributed by atoms with Crippen molar-refractivity contribution >= 4 is 23.0 Å². The molecule has 2 amide bonds. The van der Waals surface area contributed by atoms with Gasteiger partial charge in [0.1, 0.15) is 22.8 Å². The molecule has 0 atom stereocenters. The van der Waals surface area contributed by atoms with Gasteiger partial charge in [-0.15, -0.1) is 0 Å². The van der Waals surface area contributed by atoms with E-state index in [1.165, 1.54) is 0 Å². The summed E-state index contributed by atoms with van der Waals surface area (Å²) in [6, 6.07) is 20.3. The van der Waals surface area contributed by atoms with Gasteiger partial charge in [0.2, 0.25) is 0 Å². The van der Waals surface area contributed by atoms with Gasteiger partial charge < -0.3 is 10.1 Å². The van der Waals surface area contributed by atoms with Crippen LogP contribution < -0.4 is 15.4 Å². The topological polar surface area (TPSA) is 89.0 Å². The van der Waals surface area contributed by atoms with Gasteiger partial charge in [-0.05, 0) is 55.5 Å². The summed E-state index contributed by atoms with van der Waals surface area (Å²) in [5.74, 6) is 1.90. The molecule has 2 N–H and O–H groups in total. The molecule has 0 radical (unpaired) electrons. The van der Waals surface area contributed by atoms with Gasteiger partial charge in [-0.1, -0.05) is 24.3 Å². The molecule has 0 unspecified atom stereocenters. The van der Waals surface area contributed by atoms with Gasteiger partial charge in [0.25, 0.3) is 0 Å². The van der Waals surface area contributed by atoms with Crippen molar-refractivity contribution in [2.75, 3.05) is 5.32 Å². The van der Waals surface area contributed by atoms with Crippen LogP contribution in [0.4, 0.5) is 10.6 Å². The number of hydrogen-bond acceptors (Lipinski definition) is 5. The largest absolute Gasteiger partial charge is 0.457 e. The fourth-order valence-corrected chi connectivity index (χ4v) is 2.74. The first kappa shape index (κ1) is 19.1. The lowest BCUT2D eigenvalue weighted by Crippen LogP contribution is -2.24. The number of nitrogens with one attached hydrogen (secondary N) is 2. The number of para-hydroxylation sites is 1. The first-order valence-corrected chi connectivity index (χ1v) is 9.37. The van der Waals surface area contributed by atoms with Crippen LogP contribution in [-0.2, 0) is 0 Å². The molecular weight excluding hydrogens is 378 g/mol. The maximum atomic E-state index is 11.8. The van der Waals surface area contributed by atoms with Gasteiger partial charge in [-0.2, -0.15) is 0 Å². The predicted octanol–water partition coefficient (Wildman–Crippen LogP) is 5.14. The van der Waals surface area contributed by atoms with Crippen LogP contribution in [0.15, 0.2) is 85.2 Å². The summed E-state index contributed by atoms with van der Waals surface area (Å²) in [5.41, 5.74) is 2.65. The fraction of sp³-hybridized carbons (Fsp3) is 0.0435. The SMILES string of the molecule is CC=CNC(=O)Nc1ccc2ncc(-c3ccc(Oc4ccccc4)cc3)nc2n1. The van der Waals surface area contributed by atoms with Crippen molar-refractivity contribution in [3.05, 3.63) is 85.2 Å². The van der Waals surface area contributed by atoms with Crippen LogP contribution in [0.5, 0.6) is 11.5 Å². The lowest BCUT2D eigenvalue weighted by atomic mass is 10.1. The van der Waals surface area contributed by atoms with Crippen molar-refractivity contribution in [3.63, 3.8) is 0 Å². The van der Waals surface area contributed by atoms with Gasteiger partial charge in [0.05, 0.1) is 11.9 Å². The lowest BCUT2D eigenvalue weighted by Gasteiger charge is -2.08. The highest BCUT2D eigenvalue weighted by Crippen LogP contribution is 2.25. The Labute approximate surface area is 173 Å². The zero-order valence-electron chi connectivity index (χ0n) is 16.2. The lowest BCUT2D eigenvalue weighted by molar-refractivity contribution is 0.255. The highest BCUT2D eigenvalue weighted by Gasteiger charge is 2.07. The molecule has 0 aliphatic carbocycles. The van der Waals surface area contributed by atoms with Gasteiger partial charge in [-0.3, -0.25) is 10.3 Å². The quantitative estimate of drug-likeness (QED) is 0.487. The Morgan fingerprint density at radius 1 is 0.933 bits per heavy atom. The van der Waals surface area contributed by atoms with Crippen LogP contribution in [-0.4, -0.2) is 21.0 Å². The molecule has 2 aromatic carbocycles. The zero-order valence-corrected chi connectivity index (χ0v) is 16.2. The van der Waals surface area contributed by atoms with Gasteiger partial charge >= 0.3 is 6.03 Å². The summed E-state index contributed by atoms with van der Waals surface area (Å²) in [4.78, 5) is 25.2. The Bertz CT molecular complexity index is 1190. The molecule has 7 heteroatoms. The third kappa shape index (κ3) is 4.59.